The highest BCUT2D eigenvalue weighted by Crippen LogP contribution is 2.34. The van der Waals surface area contributed by atoms with Crippen LogP contribution in [0.25, 0.3) is 11.5 Å². The molecule has 1 aliphatic rings. The lowest BCUT2D eigenvalue weighted by Gasteiger charge is -2.34. The third kappa shape index (κ3) is 6.14. The van der Waals surface area contributed by atoms with Gasteiger partial charge < -0.3 is 28.6 Å². The zero-order chi connectivity index (χ0) is 27.9. The minimum absolute atomic E-state index is 0.310. The fourth-order valence-corrected chi connectivity index (χ4v) is 4.55. The van der Waals surface area contributed by atoms with Crippen molar-refractivity contribution in [2.45, 2.75) is 32.7 Å². The van der Waals surface area contributed by atoms with Crippen LogP contribution in [-0.2, 0) is 22.4 Å². The highest BCUT2D eigenvalue weighted by molar-refractivity contribution is 5.92. The summed E-state index contributed by atoms with van der Waals surface area (Å²) in [6.45, 7) is 4.33. The number of carboxylic acid groups (broad SMARTS) is 1. The predicted octanol–water partition coefficient (Wildman–Crippen LogP) is 4.93. The molecule has 2 aromatic carbocycles. The molecule has 1 aliphatic heterocycles. The number of oxazole rings is 1. The van der Waals surface area contributed by atoms with Crippen molar-refractivity contribution in [1.82, 2.24) is 9.88 Å². The molecule has 2 heterocycles. The average Bonchev–Trinajstić information content (AvgIpc) is 3.31. The molecule has 0 aliphatic carbocycles. The summed E-state index contributed by atoms with van der Waals surface area (Å²) in [5, 5.41) is 9.97. The maximum Gasteiger partial charge on any atom is 0.331 e. The average molecular weight is 533 g/mol. The minimum Gasteiger partial charge on any atom is -0.493 e. The quantitative estimate of drug-likeness (QED) is 0.289. The highest BCUT2D eigenvalue weighted by Gasteiger charge is 2.35. The van der Waals surface area contributed by atoms with Gasteiger partial charge in [0, 0.05) is 24.6 Å². The number of fused-ring (bicyclic) bond motifs is 1. The standard InChI is InChI=1S/C30H32N2O7/c1-5-6-7-8-27(33)32-15-13-20-9-11-22(18-23(20)28(32)30(34)35)38-16-14-24-19(2)39-29(31-24)21-10-12-25(36-3)26(17-21)37-4/h5-12,17-18,28H,13-16H2,1-4H3,(H,34,35). The number of aliphatic carboxylic acids is 1. The van der Waals surface area contributed by atoms with Crippen LogP contribution >= 0.6 is 0 Å². The molecule has 1 amide bonds. The Kier molecular flexibility index (Phi) is 8.70. The van der Waals surface area contributed by atoms with E-state index in [1.165, 1.54) is 11.0 Å². The van der Waals surface area contributed by atoms with Crippen LogP contribution in [0.5, 0.6) is 17.2 Å². The van der Waals surface area contributed by atoms with Gasteiger partial charge in [-0.25, -0.2) is 9.78 Å². The normalized spacial score (nSPS) is 15.0. The molecule has 1 N–H and O–H groups in total. The molecular formula is C30H32N2O7. The van der Waals surface area contributed by atoms with Gasteiger partial charge in [-0.3, -0.25) is 4.79 Å². The van der Waals surface area contributed by atoms with Crippen LogP contribution in [-0.4, -0.2) is 54.2 Å². The van der Waals surface area contributed by atoms with Gasteiger partial charge in [0.05, 0.1) is 26.5 Å². The Morgan fingerprint density at radius 1 is 1.13 bits per heavy atom. The Morgan fingerprint density at radius 3 is 2.64 bits per heavy atom. The van der Waals surface area contributed by atoms with E-state index in [-0.39, 0.29) is 5.91 Å². The molecule has 1 atom stereocenters. The van der Waals surface area contributed by atoms with E-state index < -0.39 is 12.0 Å². The first kappa shape index (κ1) is 27.5. The number of ether oxygens (including phenoxy) is 3. The molecule has 9 heteroatoms. The van der Waals surface area contributed by atoms with Crippen molar-refractivity contribution in [3.05, 3.63) is 83.3 Å². The maximum absolute atomic E-state index is 12.7. The zero-order valence-electron chi connectivity index (χ0n) is 22.5. The van der Waals surface area contributed by atoms with Gasteiger partial charge in [-0.2, -0.15) is 0 Å². The first-order valence-corrected chi connectivity index (χ1v) is 12.6. The summed E-state index contributed by atoms with van der Waals surface area (Å²) in [6, 6.07) is 9.78. The fourth-order valence-electron chi connectivity index (χ4n) is 4.55. The van der Waals surface area contributed by atoms with E-state index in [2.05, 4.69) is 4.98 Å². The van der Waals surface area contributed by atoms with Gasteiger partial charge in [0.2, 0.25) is 11.8 Å². The summed E-state index contributed by atoms with van der Waals surface area (Å²) in [6.07, 6.45) is 7.58. The van der Waals surface area contributed by atoms with Crippen LogP contribution < -0.4 is 14.2 Å². The lowest BCUT2D eigenvalue weighted by Crippen LogP contribution is -2.42. The molecular weight excluding hydrogens is 500 g/mol. The van der Waals surface area contributed by atoms with Crippen LogP contribution in [0, 0.1) is 6.92 Å². The number of carboxylic acids is 1. The van der Waals surface area contributed by atoms with E-state index >= 15 is 0 Å². The van der Waals surface area contributed by atoms with E-state index in [0.717, 1.165) is 16.8 Å². The van der Waals surface area contributed by atoms with E-state index in [4.69, 9.17) is 18.6 Å². The molecule has 0 spiro atoms. The highest BCUT2D eigenvalue weighted by atomic mass is 16.5. The van der Waals surface area contributed by atoms with E-state index in [9.17, 15) is 14.7 Å². The summed E-state index contributed by atoms with van der Waals surface area (Å²) in [5.41, 5.74) is 2.97. The Morgan fingerprint density at radius 2 is 1.92 bits per heavy atom. The summed E-state index contributed by atoms with van der Waals surface area (Å²) in [7, 11) is 3.15. The Balaban J connectivity index is 1.46. The van der Waals surface area contributed by atoms with Crippen LogP contribution in [0.3, 0.4) is 0 Å². The van der Waals surface area contributed by atoms with Crippen molar-refractivity contribution in [2.24, 2.45) is 0 Å². The topological polar surface area (TPSA) is 111 Å². The first-order valence-electron chi connectivity index (χ1n) is 12.6. The number of allylic oxidation sites excluding steroid dienone is 3. The smallest absolute Gasteiger partial charge is 0.331 e. The van der Waals surface area contributed by atoms with Gasteiger partial charge in [-0.15, -0.1) is 0 Å². The number of aryl methyl sites for hydroxylation is 1. The summed E-state index contributed by atoms with van der Waals surface area (Å²) in [5.74, 6) is 1.45. The summed E-state index contributed by atoms with van der Waals surface area (Å²) in [4.78, 5) is 30.9. The van der Waals surface area contributed by atoms with Crippen molar-refractivity contribution in [2.75, 3.05) is 27.4 Å². The molecule has 0 bridgehead atoms. The van der Waals surface area contributed by atoms with Crippen LogP contribution in [0.2, 0.25) is 0 Å². The van der Waals surface area contributed by atoms with E-state index in [1.54, 1.807) is 50.6 Å². The molecule has 3 aromatic rings. The monoisotopic (exact) mass is 532 g/mol. The van der Waals surface area contributed by atoms with Crippen LogP contribution in [0.15, 0.2) is 65.1 Å². The van der Waals surface area contributed by atoms with Gasteiger partial charge in [0.25, 0.3) is 0 Å². The molecule has 0 saturated carbocycles. The number of amides is 1. The lowest BCUT2D eigenvalue weighted by molar-refractivity contribution is -0.149. The summed E-state index contributed by atoms with van der Waals surface area (Å²) < 4.78 is 22.5. The second kappa shape index (κ2) is 12.3. The largest absolute Gasteiger partial charge is 0.493 e. The van der Waals surface area contributed by atoms with Crippen molar-refractivity contribution < 1.29 is 33.3 Å². The van der Waals surface area contributed by atoms with Gasteiger partial charge in [-0.05, 0) is 61.7 Å². The van der Waals surface area contributed by atoms with Gasteiger partial charge >= 0.3 is 5.97 Å². The SMILES string of the molecule is CC=CC=CC(=O)N1CCc2ccc(OCCc3nc(-c4ccc(OC)c(OC)c4)oc3C)cc2C1C(=O)O. The number of carbonyl (C=O) groups excluding carboxylic acids is 1. The third-order valence-electron chi connectivity index (χ3n) is 6.54. The van der Waals surface area contributed by atoms with Gasteiger partial charge in [-0.1, -0.05) is 24.3 Å². The van der Waals surface area contributed by atoms with E-state index in [1.807, 2.05) is 32.0 Å². The maximum atomic E-state index is 12.7. The number of rotatable bonds is 10. The second-order valence-electron chi connectivity index (χ2n) is 8.96. The molecule has 1 aromatic heterocycles. The molecule has 4 rings (SSSR count). The molecule has 204 valence electrons. The minimum atomic E-state index is -1.08. The molecule has 0 radical (unpaired) electrons. The van der Waals surface area contributed by atoms with Crippen molar-refractivity contribution >= 4 is 11.9 Å². The molecule has 1 unspecified atom stereocenters. The Bertz CT molecular complexity index is 1410. The lowest BCUT2D eigenvalue weighted by atomic mass is 9.92. The number of methoxy groups -OCH3 is 2. The van der Waals surface area contributed by atoms with E-state index in [0.29, 0.717) is 60.5 Å². The molecule has 0 saturated heterocycles. The van der Waals surface area contributed by atoms with Crippen molar-refractivity contribution in [3.63, 3.8) is 0 Å². The van der Waals surface area contributed by atoms with Gasteiger partial charge in [0.1, 0.15) is 11.5 Å². The predicted molar refractivity (Wildman–Crippen MR) is 145 cm³/mol. The zero-order valence-corrected chi connectivity index (χ0v) is 22.5. The molecule has 0 fully saturated rings. The van der Waals surface area contributed by atoms with Crippen LogP contribution in [0.1, 0.15) is 35.5 Å². The van der Waals surface area contributed by atoms with Crippen LogP contribution in [0.4, 0.5) is 0 Å². The Labute approximate surface area is 227 Å². The second-order valence-corrected chi connectivity index (χ2v) is 8.96. The first-order chi connectivity index (χ1) is 18.9. The fraction of sp³-hybridized carbons (Fsp3) is 0.300. The van der Waals surface area contributed by atoms with Crippen molar-refractivity contribution in [3.8, 4) is 28.7 Å². The molecule has 9 nitrogen and oxygen atoms in total. The number of carbonyl (C=O) groups is 2. The number of nitrogens with zero attached hydrogens (tertiary/aromatic N) is 2. The number of aromatic nitrogens is 1. The third-order valence-corrected chi connectivity index (χ3v) is 6.54. The summed E-state index contributed by atoms with van der Waals surface area (Å²) >= 11 is 0. The van der Waals surface area contributed by atoms with Gasteiger partial charge in [0.15, 0.2) is 17.5 Å². The number of hydrogen-bond donors (Lipinski definition) is 1. The molecule has 39 heavy (non-hydrogen) atoms. The number of benzene rings is 2. The Hall–Kier alpha value is -4.53. The van der Waals surface area contributed by atoms with Crippen molar-refractivity contribution in [1.29, 1.82) is 0 Å². The number of hydrogen-bond acceptors (Lipinski definition) is 7.